The number of hydrogen-bond donors (Lipinski definition) is 1. The highest BCUT2D eigenvalue weighted by atomic mass is 14.7. The molecule has 0 aliphatic rings. The summed E-state index contributed by atoms with van der Waals surface area (Å²) in [6.07, 6.45) is 2.74. The Morgan fingerprint density at radius 2 is 2.33 bits per heavy atom. The summed E-state index contributed by atoms with van der Waals surface area (Å²) in [4.78, 5) is 3.70. The van der Waals surface area contributed by atoms with Gasteiger partial charge in [0.05, 0.1) is 0 Å². The van der Waals surface area contributed by atoms with Gasteiger partial charge in [0.2, 0.25) is 0 Å². The first-order valence-electron chi connectivity index (χ1n) is 3.30. The van der Waals surface area contributed by atoms with E-state index in [-0.39, 0.29) is 0 Å². The van der Waals surface area contributed by atoms with Crippen molar-refractivity contribution in [2.24, 2.45) is 4.99 Å². The van der Waals surface area contributed by atoms with Crippen LogP contribution in [0.25, 0.3) is 0 Å². The van der Waals surface area contributed by atoms with Gasteiger partial charge < -0.3 is 10.4 Å². The van der Waals surface area contributed by atoms with Crippen molar-refractivity contribution in [1.29, 1.82) is 5.41 Å². The summed E-state index contributed by atoms with van der Waals surface area (Å²) in [5.74, 6) is 0. The lowest BCUT2D eigenvalue weighted by atomic mass is 10.2. The van der Waals surface area contributed by atoms with Crippen LogP contribution in [0.1, 0.15) is 26.2 Å². The standard InChI is InChI=1S/C7H14N2/c1-3-7(8)5-4-6-9-2/h8H,2-6H2,1H3. The zero-order valence-corrected chi connectivity index (χ0v) is 5.98. The van der Waals surface area contributed by atoms with Crippen LogP contribution < -0.4 is 0 Å². The molecule has 0 fully saturated rings. The monoisotopic (exact) mass is 126 g/mol. The minimum Gasteiger partial charge on any atom is -0.310 e. The van der Waals surface area contributed by atoms with Gasteiger partial charge in [-0.15, -0.1) is 0 Å². The molecule has 1 N–H and O–H groups in total. The highest BCUT2D eigenvalue weighted by Crippen LogP contribution is 1.94. The second kappa shape index (κ2) is 5.48. The van der Waals surface area contributed by atoms with Crippen LogP contribution in [0.15, 0.2) is 4.99 Å². The van der Waals surface area contributed by atoms with Gasteiger partial charge in [0.1, 0.15) is 0 Å². The van der Waals surface area contributed by atoms with Crippen LogP contribution in [0.2, 0.25) is 0 Å². The quantitative estimate of drug-likeness (QED) is 0.431. The molecule has 9 heavy (non-hydrogen) atoms. The summed E-state index contributed by atoms with van der Waals surface area (Å²) < 4.78 is 0. The van der Waals surface area contributed by atoms with Gasteiger partial charge in [-0.1, -0.05) is 6.92 Å². The van der Waals surface area contributed by atoms with Gasteiger partial charge in [-0.3, -0.25) is 0 Å². The van der Waals surface area contributed by atoms with Gasteiger partial charge >= 0.3 is 0 Å². The summed E-state index contributed by atoms with van der Waals surface area (Å²) in [5, 5.41) is 7.25. The fourth-order valence-electron chi connectivity index (χ4n) is 0.581. The molecule has 0 aromatic rings. The smallest absolute Gasteiger partial charge is 0.0385 e. The van der Waals surface area contributed by atoms with Crippen LogP contribution in [0.3, 0.4) is 0 Å². The third-order valence-electron chi connectivity index (χ3n) is 1.22. The topological polar surface area (TPSA) is 36.2 Å². The summed E-state index contributed by atoms with van der Waals surface area (Å²) in [7, 11) is 0. The lowest BCUT2D eigenvalue weighted by Gasteiger charge is -1.95. The molecule has 2 nitrogen and oxygen atoms in total. The summed E-state index contributed by atoms with van der Waals surface area (Å²) in [5.41, 5.74) is 0.818. The van der Waals surface area contributed by atoms with E-state index in [1.165, 1.54) is 0 Å². The van der Waals surface area contributed by atoms with Crippen LogP contribution in [0.5, 0.6) is 0 Å². The maximum atomic E-state index is 7.25. The Balaban J connectivity index is 3.06. The van der Waals surface area contributed by atoms with E-state index in [9.17, 15) is 0 Å². The minimum absolute atomic E-state index is 0.794. The molecule has 0 unspecified atom stereocenters. The van der Waals surface area contributed by atoms with E-state index in [0.717, 1.165) is 31.5 Å². The Morgan fingerprint density at radius 1 is 1.67 bits per heavy atom. The van der Waals surface area contributed by atoms with E-state index < -0.39 is 0 Å². The second-order valence-corrected chi connectivity index (χ2v) is 2.01. The van der Waals surface area contributed by atoms with Crippen molar-refractivity contribution in [3.05, 3.63) is 0 Å². The zero-order valence-electron chi connectivity index (χ0n) is 5.98. The molecule has 0 rings (SSSR count). The van der Waals surface area contributed by atoms with E-state index in [1.807, 2.05) is 6.92 Å². The average Bonchev–Trinajstić information content (AvgIpc) is 1.89. The molecule has 0 aliphatic carbocycles. The Hall–Kier alpha value is -0.660. The molecule has 0 spiro atoms. The highest BCUT2D eigenvalue weighted by molar-refractivity contribution is 5.80. The van der Waals surface area contributed by atoms with Crippen molar-refractivity contribution in [2.75, 3.05) is 6.54 Å². The van der Waals surface area contributed by atoms with Gasteiger partial charge in [-0.25, -0.2) is 0 Å². The minimum atomic E-state index is 0.794. The number of aliphatic imine (C=N–C) groups is 1. The molecule has 0 aromatic carbocycles. The number of nitrogens with one attached hydrogen (secondary N) is 1. The lowest BCUT2D eigenvalue weighted by Crippen LogP contribution is -1.94. The second-order valence-electron chi connectivity index (χ2n) is 2.01. The van der Waals surface area contributed by atoms with Crippen LogP contribution in [-0.4, -0.2) is 19.0 Å². The first kappa shape index (κ1) is 8.34. The molecule has 0 saturated heterocycles. The van der Waals surface area contributed by atoms with Gasteiger partial charge in [0, 0.05) is 12.3 Å². The normalized spacial score (nSPS) is 9.00. The summed E-state index contributed by atoms with van der Waals surface area (Å²) in [6.45, 7) is 6.16. The van der Waals surface area contributed by atoms with Crippen LogP contribution in [0, 0.1) is 5.41 Å². The fourth-order valence-corrected chi connectivity index (χ4v) is 0.581. The van der Waals surface area contributed by atoms with E-state index in [1.54, 1.807) is 0 Å². The van der Waals surface area contributed by atoms with Crippen LogP contribution >= 0.6 is 0 Å². The predicted octanol–water partition coefficient (Wildman–Crippen LogP) is 1.90. The van der Waals surface area contributed by atoms with Gasteiger partial charge in [0.15, 0.2) is 0 Å². The Labute approximate surface area is 56.5 Å². The predicted molar refractivity (Wildman–Crippen MR) is 41.7 cm³/mol. The van der Waals surface area contributed by atoms with Crippen molar-refractivity contribution >= 4 is 12.4 Å². The number of hydrogen-bond acceptors (Lipinski definition) is 2. The van der Waals surface area contributed by atoms with Crippen molar-refractivity contribution in [3.8, 4) is 0 Å². The Morgan fingerprint density at radius 3 is 2.78 bits per heavy atom. The van der Waals surface area contributed by atoms with Crippen LogP contribution in [0.4, 0.5) is 0 Å². The molecular weight excluding hydrogens is 112 g/mol. The molecule has 0 aliphatic heterocycles. The van der Waals surface area contributed by atoms with E-state index in [2.05, 4.69) is 11.7 Å². The summed E-state index contributed by atoms with van der Waals surface area (Å²) in [6, 6.07) is 0. The largest absolute Gasteiger partial charge is 0.310 e. The lowest BCUT2D eigenvalue weighted by molar-refractivity contribution is 0.867. The molecule has 52 valence electrons. The number of nitrogens with zero attached hydrogens (tertiary/aromatic N) is 1. The van der Waals surface area contributed by atoms with Crippen molar-refractivity contribution in [1.82, 2.24) is 0 Å². The molecule has 0 heterocycles. The maximum absolute atomic E-state index is 7.25. The first-order chi connectivity index (χ1) is 4.31. The summed E-state index contributed by atoms with van der Waals surface area (Å²) >= 11 is 0. The average molecular weight is 126 g/mol. The van der Waals surface area contributed by atoms with Crippen LogP contribution in [-0.2, 0) is 0 Å². The fraction of sp³-hybridized carbons (Fsp3) is 0.714. The molecule has 0 bridgehead atoms. The third-order valence-corrected chi connectivity index (χ3v) is 1.22. The van der Waals surface area contributed by atoms with E-state index in [4.69, 9.17) is 5.41 Å². The van der Waals surface area contributed by atoms with Crippen molar-refractivity contribution < 1.29 is 0 Å². The third kappa shape index (κ3) is 5.21. The van der Waals surface area contributed by atoms with Gasteiger partial charge in [-0.05, 0) is 26.0 Å². The Kier molecular flexibility index (Phi) is 5.07. The molecule has 0 saturated carbocycles. The van der Waals surface area contributed by atoms with Gasteiger partial charge in [0.25, 0.3) is 0 Å². The van der Waals surface area contributed by atoms with E-state index >= 15 is 0 Å². The van der Waals surface area contributed by atoms with Gasteiger partial charge in [-0.2, -0.15) is 0 Å². The van der Waals surface area contributed by atoms with Crippen molar-refractivity contribution in [3.63, 3.8) is 0 Å². The molecule has 0 radical (unpaired) electrons. The van der Waals surface area contributed by atoms with Crippen molar-refractivity contribution in [2.45, 2.75) is 26.2 Å². The molecule has 2 heteroatoms. The maximum Gasteiger partial charge on any atom is 0.0385 e. The highest BCUT2D eigenvalue weighted by Gasteiger charge is 1.90. The van der Waals surface area contributed by atoms with E-state index in [0.29, 0.717) is 0 Å². The molecular formula is C7H14N2. The Bertz CT molecular complexity index is 97.1. The first-order valence-corrected chi connectivity index (χ1v) is 3.30. The SMILES string of the molecule is C=NCCCC(=N)CC. The molecule has 0 atom stereocenters. The molecule has 0 amide bonds. The zero-order chi connectivity index (χ0) is 7.11. The molecule has 0 aromatic heterocycles. The number of rotatable bonds is 5.